The first-order valence-electron chi connectivity index (χ1n) is 11.4. The Morgan fingerprint density at radius 3 is 2.60 bits per heavy atom. The van der Waals surface area contributed by atoms with Crippen LogP contribution >= 0.6 is 0 Å². The second-order valence-electron chi connectivity index (χ2n) is 8.93. The number of non-ortho nitro benzene ring substituents is 1. The Balaban J connectivity index is 1.58. The van der Waals surface area contributed by atoms with E-state index in [1.165, 1.54) is 23.8 Å². The minimum Gasteiger partial charge on any atom is -0.481 e. The number of carboxylic acids is 1. The molecule has 0 amide bonds. The molecule has 4 rings (SSSR count). The number of carbonyl (C=O) groups excluding carboxylic acids is 1. The van der Waals surface area contributed by atoms with Crippen molar-refractivity contribution in [1.29, 1.82) is 0 Å². The molecule has 0 bridgehead atoms. The molecule has 2 aliphatic rings. The predicted molar refractivity (Wildman–Crippen MR) is 129 cm³/mol. The molecule has 0 spiro atoms. The minimum absolute atomic E-state index is 0.130. The van der Waals surface area contributed by atoms with Gasteiger partial charge in [0.1, 0.15) is 12.0 Å². The first-order chi connectivity index (χ1) is 16.7. The molecule has 1 saturated heterocycles. The van der Waals surface area contributed by atoms with Gasteiger partial charge >= 0.3 is 11.9 Å². The van der Waals surface area contributed by atoms with E-state index in [0.717, 1.165) is 13.1 Å². The van der Waals surface area contributed by atoms with Gasteiger partial charge < -0.3 is 9.84 Å². The molecule has 2 aromatic carbocycles. The van der Waals surface area contributed by atoms with Crippen LogP contribution in [0.2, 0.25) is 0 Å². The third-order valence-electron chi connectivity index (χ3n) is 6.51. The zero-order valence-electron chi connectivity index (χ0n) is 19.6. The monoisotopic (exact) mass is 477 g/mol. The van der Waals surface area contributed by atoms with Gasteiger partial charge in [-0.05, 0) is 31.4 Å². The Kier molecular flexibility index (Phi) is 7.07. The van der Waals surface area contributed by atoms with Gasteiger partial charge in [0.15, 0.2) is 0 Å². The molecular formula is C26H27N3O6. The van der Waals surface area contributed by atoms with Crippen molar-refractivity contribution >= 4 is 23.3 Å². The number of esters is 1. The summed E-state index contributed by atoms with van der Waals surface area (Å²) in [5.41, 5.74) is 2.18. The highest BCUT2D eigenvalue weighted by Gasteiger charge is 2.42. The molecule has 9 heteroatoms. The molecule has 1 N–H and O–H groups in total. The third-order valence-corrected chi connectivity index (χ3v) is 6.51. The molecule has 1 unspecified atom stereocenters. The van der Waals surface area contributed by atoms with E-state index in [-0.39, 0.29) is 17.4 Å². The molecule has 0 aromatic heterocycles. The van der Waals surface area contributed by atoms with Crippen LogP contribution in [-0.4, -0.2) is 51.8 Å². The highest BCUT2D eigenvalue weighted by molar-refractivity contribution is 6.06. The number of rotatable bonds is 7. The van der Waals surface area contributed by atoms with E-state index in [1.807, 2.05) is 30.3 Å². The fourth-order valence-corrected chi connectivity index (χ4v) is 4.91. The fourth-order valence-electron chi connectivity index (χ4n) is 4.91. The average Bonchev–Trinajstić information content (AvgIpc) is 3.25. The summed E-state index contributed by atoms with van der Waals surface area (Å²) in [4.78, 5) is 43.0. The van der Waals surface area contributed by atoms with E-state index in [9.17, 15) is 24.8 Å². The van der Waals surface area contributed by atoms with E-state index < -0.39 is 28.7 Å². The Morgan fingerprint density at radius 2 is 1.91 bits per heavy atom. The normalized spacial score (nSPS) is 22.6. The predicted octanol–water partition coefficient (Wildman–Crippen LogP) is 3.95. The van der Waals surface area contributed by atoms with Gasteiger partial charge in [0, 0.05) is 49.1 Å². The lowest BCUT2D eigenvalue weighted by Crippen LogP contribution is -2.36. The zero-order valence-corrected chi connectivity index (χ0v) is 19.6. The SMILES string of the molecule is CC1=NC(C)=C(C(=O)O[C@H]2CCN(Cc3ccccc3)C2)[C@@H](c2cccc([N+](=O)[O-])c2)C1C(=O)O. The van der Waals surface area contributed by atoms with E-state index in [4.69, 9.17) is 4.74 Å². The number of nitrogens with zero attached hydrogens (tertiary/aromatic N) is 3. The number of nitro groups is 1. The van der Waals surface area contributed by atoms with Crippen molar-refractivity contribution in [2.45, 2.75) is 38.8 Å². The molecule has 35 heavy (non-hydrogen) atoms. The minimum atomic E-state index is -1.16. The molecule has 2 heterocycles. The van der Waals surface area contributed by atoms with Gasteiger partial charge in [-0.2, -0.15) is 0 Å². The highest BCUT2D eigenvalue weighted by atomic mass is 16.6. The fraction of sp³-hybridized carbons (Fsp3) is 0.346. The van der Waals surface area contributed by atoms with Gasteiger partial charge in [-0.1, -0.05) is 42.5 Å². The molecule has 3 atom stereocenters. The van der Waals surface area contributed by atoms with Crippen molar-refractivity contribution in [3.63, 3.8) is 0 Å². The first-order valence-corrected chi connectivity index (χ1v) is 11.4. The topological polar surface area (TPSA) is 122 Å². The molecular weight excluding hydrogens is 450 g/mol. The number of carboxylic acid groups (broad SMARTS) is 1. The second-order valence-corrected chi connectivity index (χ2v) is 8.93. The van der Waals surface area contributed by atoms with Crippen molar-refractivity contribution in [3.05, 3.63) is 87.1 Å². The summed E-state index contributed by atoms with van der Waals surface area (Å²) in [6, 6.07) is 15.8. The molecule has 2 aromatic rings. The van der Waals surface area contributed by atoms with Crippen LogP contribution < -0.4 is 0 Å². The maximum absolute atomic E-state index is 13.4. The number of benzene rings is 2. The van der Waals surface area contributed by atoms with Gasteiger partial charge in [0.2, 0.25) is 0 Å². The third kappa shape index (κ3) is 5.30. The van der Waals surface area contributed by atoms with Crippen LogP contribution in [0.1, 0.15) is 37.3 Å². The van der Waals surface area contributed by atoms with Crippen molar-refractivity contribution in [2.75, 3.05) is 13.1 Å². The number of aliphatic imine (C=N–C) groups is 1. The summed E-state index contributed by atoms with van der Waals surface area (Å²) in [5.74, 6) is -3.87. The molecule has 1 fully saturated rings. The van der Waals surface area contributed by atoms with Crippen LogP contribution in [0.5, 0.6) is 0 Å². The van der Waals surface area contributed by atoms with Crippen LogP contribution in [0, 0.1) is 16.0 Å². The lowest BCUT2D eigenvalue weighted by molar-refractivity contribution is -0.384. The number of likely N-dealkylation sites (tertiary alicyclic amines) is 1. The highest BCUT2D eigenvalue weighted by Crippen LogP contribution is 2.40. The number of aliphatic carboxylic acids is 1. The molecule has 0 saturated carbocycles. The van der Waals surface area contributed by atoms with Crippen molar-refractivity contribution < 1.29 is 24.4 Å². The second kappa shape index (κ2) is 10.2. The van der Waals surface area contributed by atoms with Crippen molar-refractivity contribution in [1.82, 2.24) is 4.90 Å². The van der Waals surface area contributed by atoms with E-state index in [0.29, 0.717) is 29.9 Å². The summed E-state index contributed by atoms with van der Waals surface area (Å²) < 4.78 is 5.85. The summed E-state index contributed by atoms with van der Waals surface area (Å²) in [6.07, 6.45) is 0.323. The van der Waals surface area contributed by atoms with Crippen LogP contribution in [0.15, 0.2) is 70.9 Å². The lowest BCUT2D eigenvalue weighted by atomic mass is 9.75. The maximum Gasteiger partial charge on any atom is 0.336 e. The number of ether oxygens (including phenoxy) is 1. The standard InChI is InChI=1S/C26H27N3O6/c1-16-22(25(30)31)24(19-9-6-10-20(13-19)29(33)34)23(17(2)27-16)26(32)35-21-11-12-28(15-21)14-18-7-4-3-5-8-18/h3-10,13,21-22,24H,11-12,14-15H2,1-2H3,(H,30,31)/t21-,22?,24-/m0/s1. The molecule has 9 nitrogen and oxygen atoms in total. The zero-order chi connectivity index (χ0) is 25.1. The van der Waals surface area contributed by atoms with E-state index in [1.54, 1.807) is 19.9 Å². The van der Waals surface area contributed by atoms with E-state index >= 15 is 0 Å². The average molecular weight is 478 g/mol. The largest absolute Gasteiger partial charge is 0.481 e. The quantitative estimate of drug-likeness (QED) is 0.364. The molecule has 182 valence electrons. The number of allylic oxidation sites excluding steroid dienone is 1. The summed E-state index contributed by atoms with van der Waals surface area (Å²) in [6.45, 7) is 5.32. The first kappa shape index (κ1) is 24.3. The van der Waals surface area contributed by atoms with Gasteiger partial charge in [-0.15, -0.1) is 0 Å². The van der Waals surface area contributed by atoms with Gasteiger partial charge in [-0.3, -0.25) is 24.8 Å². The number of hydrogen-bond acceptors (Lipinski definition) is 7. The van der Waals surface area contributed by atoms with Crippen LogP contribution in [0.3, 0.4) is 0 Å². The maximum atomic E-state index is 13.4. The van der Waals surface area contributed by atoms with Gasteiger partial charge in [0.25, 0.3) is 5.69 Å². The van der Waals surface area contributed by atoms with Crippen molar-refractivity contribution in [3.8, 4) is 0 Å². The molecule has 0 aliphatic carbocycles. The Hall–Kier alpha value is -3.85. The van der Waals surface area contributed by atoms with Gasteiger partial charge in [-0.25, -0.2) is 4.79 Å². The number of nitro benzene ring substituents is 1. The number of hydrogen-bond donors (Lipinski definition) is 1. The number of carbonyl (C=O) groups is 2. The molecule has 2 aliphatic heterocycles. The van der Waals surface area contributed by atoms with Crippen molar-refractivity contribution in [2.24, 2.45) is 10.9 Å². The summed E-state index contributed by atoms with van der Waals surface area (Å²) >= 11 is 0. The smallest absolute Gasteiger partial charge is 0.336 e. The molecule has 0 radical (unpaired) electrons. The van der Waals surface area contributed by atoms with Crippen LogP contribution in [-0.2, 0) is 20.9 Å². The van der Waals surface area contributed by atoms with Gasteiger partial charge in [0.05, 0.1) is 10.5 Å². The Bertz CT molecular complexity index is 1210. The Morgan fingerprint density at radius 1 is 1.17 bits per heavy atom. The Labute approximate surface area is 202 Å². The summed E-state index contributed by atoms with van der Waals surface area (Å²) in [7, 11) is 0. The lowest BCUT2D eigenvalue weighted by Gasteiger charge is -2.31. The van der Waals surface area contributed by atoms with E-state index in [2.05, 4.69) is 9.89 Å². The van der Waals surface area contributed by atoms with Crippen LogP contribution in [0.4, 0.5) is 5.69 Å². The van der Waals surface area contributed by atoms with Crippen LogP contribution in [0.25, 0.3) is 0 Å². The summed E-state index contributed by atoms with van der Waals surface area (Å²) in [5, 5.41) is 21.3.